The summed E-state index contributed by atoms with van der Waals surface area (Å²) in [6.45, 7) is 0.242. The molecule has 0 bridgehead atoms. The van der Waals surface area contributed by atoms with Gasteiger partial charge in [0.25, 0.3) is 0 Å². The molecule has 0 amide bonds. The zero-order valence-electron chi connectivity index (χ0n) is 14.1. The van der Waals surface area contributed by atoms with Crippen LogP contribution in [-0.4, -0.2) is 25.0 Å². The molecule has 134 valence electrons. The summed E-state index contributed by atoms with van der Waals surface area (Å²) in [6.07, 6.45) is 8.03. The van der Waals surface area contributed by atoms with Crippen molar-refractivity contribution in [2.24, 2.45) is 0 Å². The normalized spacial score (nSPS) is 12.3. The number of aryl methyl sites for hydroxylation is 1. The minimum Gasteiger partial charge on any atom is -0.471 e. The first-order valence-corrected chi connectivity index (χ1v) is 8.31. The standard InChI is InChI=1S/C19H18N4O2.ClH/c24-11-14-9-20-10-18(22-14)16-8-19(23-17-6-3-5-15(16)17)25-12-13-4-1-2-7-21-13;/h1-2,4,7-10,24H,3,5-6,11-12H2;1H. The minimum absolute atomic E-state index is 0. The van der Waals surface area contributed by atoms with Crippen molar-refractivity contribution in [1.29, 1.82) is 0 Å². The van der Waals surface area contributed by atoms with Gasteiger partial charge in [0.2, 0.25) is 5.88 Å². The first kappa shape index (κ1) is 18.2. The van der Waals surface area contributed by atoms with Gasteiger partial charge >= 0.3 is 0 Å². The van der Waals surface area contributed by atoms with Crippen molar-refractivity contribution in [2.75, 3.05) is 0 Å². The molecule has 3 aromatic heterocycles. The number of pyridine rings is 2. The van der Waals surface area contributed by atoms with Crippen LogP contribution in [-0.2, 0) is 26.1 Å². The van der Waals surface area contributed by atoms with Crippen molar-refractivity contribution in [1.82, 2.24) is 19.9 Å². The predicted octanol–water partition coefficient (Wildman–Crippen LogP) is 2.92. The van der Waals surface area contributed by atoms with E-state index in [-0.39, 0.29) is 19.0 Å². The highest BCUT2D eigenvalue weighted by Gasteiger charge is 2.20. The molecular formula is C19H19ClN4O2. The fourth-order valence-corrected chi connectivity index (χ4v) is 3.06. The summed E-state index contributed by atoms with van der Waals surface area (Å²) in [7, 11) is 0. The third kappa shape index (κ3) is 3.81. The number of hydrogen-bond donors (Lipinski definition) is 1. The van der Waals surface area contributed by atoms with Crippen LogP contribution in [0, 0.1) is 0 Å². The lowest BCUT2D eigenvalue weighted by molar-refractivity contribution is 0.276. The van der Waals surface area contributed by atoms with E-state index >= 15 is 0 Å². The van der Waals surface area contributed by atoms with Crippen LogP contribution >= 0.6 is 12.4 Å². The quantitative estimate of drug-likeness (QED) is 0.743. The second-order valence-electron chi connectivity index (χ2n) is 5.95. The largest absolute Gasteiger partial charge is 0.471 e. The van der Waals surface area contributed by atoms with Crippen LogP contribution in [0.3, 0.4) is 0 Å². The summed E-state index contributed by atoms with van der Waals surface area (Å²) >= 11 is 0. The second-order valence-corrected chi connectivity index (χ2v) is 5.95. The van der Waals surface area contributed by atoms with Gasteiger partial charge in [0, 0.05) is 23.5 Å². The van der Waals surface area contributed by atoms with E-state index in [2.05, 4.69) is 19.9 Å². The lowest BCUT2D eigenvalue weighted by atomic mass is 10.0. The highest BCUT2D eigenvalue weighted by atomic mass is 35.5. The maximum absolute atomic E-state index is 9.32. The fraction of sp³-hybridized carbons (Fsp3) is 0.263. The number of nitrogens with zero attached hydrogens (tertiary/aromatic N) is 4. The molecule has 0 saturated heterocycles. The number of aromatic nitrogens is 4. The lowest BCUT2D eigenvalue weighted by Crippen LogP contribution is -2.03. The molecule has 3 heterocycles. The molecule has 0 aliphatic heterocycles. The predicted molar refractivity (Wildman–Crippen MR) is 99.0 cm³/mol. The molecule has 0 aromatic carbocycles. The number of hydrogen-bond acceptors (Lipinski definition) is 6. The number of ether oxygens (including phenoxy) is 1. The Morgan fingerprint density at radius 1 is 1.08 bits per heavy atom. The third-order valence-electron chi connectivity index (χ3n) is 4.24. The Labute approximate surface area is 157 Å². The molecule has 26 heavy (non-hydrogen) atoms. The Kier molecular flexibility index (Phi) is 5.75. The van der Waals surface area contributed by atoms with Crippen molar-refractivity contribution >= 4 is 12.4 Å². The smallest absolute Gasteiger partial charge is 0.214 e. The fourth-order valence-electron chi connectivity index (χ4n) is 3.06. The average Bonchev–Trinajstić information content (AvgIpc) is 3.15. The Balaban J connectivity index is 0.00000196. The van der Waals surface area contributed by atoms with E-state index < -0.39 is 0 Å². The van der Waals surface area contributed by atoms with Crippen molar-refractivity contribution in [3.8, 4) is 17.1 Å². The Bertz CT molecular complexity index is 890. The van der Waals surface area contributed by atoms with Gasteiger partial charge in [0.05, 0.1) is 36.1 Å². The Hall–Kier alpha value is -2.57. The molecule has 1 aliphatic rings. The van der Waals surface area contributed by atoms with Crippen LogP contribution < -0.4 is 4.74 Å². The van der Waals surface area contributed by atoms with Gasteiger partial charge in [0.1, 0.15) is 6.61 Å². The summed E-state index contributed by atoms with van der Waals surface area (Å²) in [5.41, 5.74) is 5.40. The zero-order valence-corrected chi connectivity index (χ0v) is 14.9. The van der Waals surface area contributed by atoms with Crippen LogP contribution in [0.4, 0.5) is 0 Å². The van der Waals surface area contributed by atoms with Gasteiger partial charge in [-0.1, -0.05) is 6.07 Å². The van der Waals surface area contributed by atoms with Gasteiger partial charge in [-0.25, -0.2) is 9.97 Å². The van der Waals surface area contributed by atoms with Gasteiger partial charge in [-0.15, -0.1) is 12.4 Å². The van der Waals surface area contributed by atoms with Gasteiger partial charge in [0.15, 0.2) is 0 Å². The lowest BCUT2D eigenvalue weighted by Gasteiger charge is -2.12. The van der Waals surface area contributed by atoms with E-state index in [1.807, 2.05) is 24.3 Å². The Morgan fingerprint density at radius 3 is 2.81 bits per heavy atom. The number of fused-ring (bicyclic) bond motifs is 1. The molecular weight excluding hydrogens is 352 g/mol. The molecule has 0 saturated carbocycles. The maximum atomic E-state index is 9.32. The number of halogens is 1. The highest BCUT2D eigenvalue weighted by Crippen LogP contribution is 2.33. The molecule has 0 fully saturated rings. The van der Waals surface area contributed by atoms with Crippen LogP contribution in [0.15, 0.2) is 42.9 Å². The number of rotatable bonds is 5. The molecule has 0 radical (unpaired) electrons. The van der Waals surface area contributed by atoms with Crippen molar-refractivity contribution in [3.05, 3.63) is 65.5 Å². The summed E-state index contributed by atoms with van der Waals surface area (Å²) in [5, 5.41) is 9.32. The van der Waals surface area contributed by atoms with E-state index in [0.29, 0.717) is 18.2 Å². The minimum atomic E-state index is -0.128. The van der Waals surface area contributed by atoms with Crippen LogP contribution in [0.25, 0.3) is 11.3 Å². The second kappa shape index (κ2) is 8.21. The first-order chi connectivity index (χ1) is 12.3. The van der Waals surface area contributed by atoms with Crippen molar-refractivity contribution in [3.63, 3.8) is 0 Å². The summed E-state index contributed by atoms with van der Waals surface area (Å²) in [4.78, 5) is 17.6. The van der Waals surface area contributed by atoms with E-state index in [1.165, 1.54) is 5.56 Å². The van der Waals surface area contributed by atoms with Gasteiger partial charge in [-0.2, -0.15) is 0 Å². The zero-order chi connectivity index (χ0) is 17.1. The monoisotopic (exact) mass is 370 g/mol. The van der Waals surface area contributed by atoms with Crippen LogP contribution in [0.2, 0.25) is 0 Å². The number of aliphatic hydroxyl groups excluding tert-OH is 1. The summed E-state index contributed by atoms with van der Waals surface area (Å²) < 4.78 is 5.86. The van der Waals surface area contributed by atoms with Gasteiger partial charge < -0.3 is 9.84 Å². The van der Waals surface area contributed by atoms with E-state index in [0.717, 1.165) is 41.9 Å². The van der Waals surface area contributed by atoms with Crippen molar-refractivity contribution < 1.29 is 9.84 Å². The third-order valence-corrected chi connectivity index (χ3v) is 4.24. The van der Waals surface area contributed by atoms with E-state index in [1.54, 1.807) is 18.6 Å². The van der Waals surface area contributed by atoms with Crippen LogP contribution in [0.5, 0.6) is 5.88 Å². The van der Waals surface area contributed by atoms with E-state index in [4.69, 9.17) is 4.74 Å². The molecule has 0 atom stereocenters. The molecule has 0 unspecified atom stereocenters. The van der Waals surface area contributed by atoms with E-state index in [9.17, 15) is 5.11 Å². The highest BCUT2D eigenvalue weighted by molar-refractivity contribution is 5.85. The molecule has 4 rings (SSSR count). The van der Waals surface area contributed by atoms with Crippen molar-refractivity contribution in [2.45, 2.75) is 32.5 Å². The Morgan fingerprint density at radius 2 is 2.00 bits per heavy atom. The first-order valence-electron chi connectivity index (χ1n) is 8.31. The molecule has 1 N–H and O–H groups in total. The summed E-state index contributed by atoms with van der Waals surface area (Å²) in [5.74, 6) is 0.567. The average molecular weight is 371 g/mol. The number of aliphatic hydroxyl groups is 1. The molecule has 0 spiro atoms. The van der Waals surface area contributed by atoms with Gasteiger partial charge in [-0.05, 0) is 37.0 Å². The molecule has 1 aliphatic carbocycles. The van der Waals surface area contributed by atoms with Crippen LogP contribution in [0.1, 0.15) is 29.1 Å². The molecule has 7 heteroatoms. The SMILES string of the molecule is Cl.OCc1cncc(-c2cc(OCc3ccccn3)nc3c2CCC3)n1. The molecule has 3 aromatic rings. The topological polar surface area (TPSA) is 81.0 Å². The van der Waals surface area contributed by atoms with Gasteiger partial charge in [-0.3, -0.25) is 9.97 Å². The maximum Gasteiger partial charge on any atom is 0.214 e. The molecule has 6 nitrogen and oxygen atoms in total. The summed E-state index contributed by atoms with van der Waals surface area (Å²) in [6, 6.07) is 7.65.